The van der Waals surface area contributed by atoms with Crippen LogP contribution in [0.1, 0.15) is 32.3 Å². The average Bonchev–Trinajstić information content (AvgIpc) is 3.89. The molecule has 244 valence electrons. The third kappa shape index (κ3) is 7.47. The van der Waals surface area contributed by atoms with E-state index in [2.05, 4.69) is 40.2 Å². The van der Waals surface area contributed by atoms with Crippen molar-refractivity contribution in [3.63, 3.8) is 0 Å². The number of allylic oxidation sites excluding steroid dienone is 4. The van der Waals surface area contributed by atoms with Crippen molar-refractivity contribution in [2.45, 2.75) is 39.5 Å². The first-order chi connectivity index (χ1) is 22.1. The summed E-state index contributed by atoms with van der Waals surface area (Å²) in [6, 6.07) is 7.10. The number of nitrogens with one attached hydrogen (secondary N) is 1. The molecule has 1 aliphatic carbocycles. The second kappa shape index (κ2) is 14.6. The van der Waals surface area contributed by atoms with Crippen LogP contribution in [0.3, 0.4) is 0 Å². The number of aryl methyl sites for hydroxylation is 1. The van der Waals surface area contributed by atoms with Crippen molar-refractivity contribution in [1.82, 2.24) is 14.4 Å². The van der Waals surface area contributed by atoms with E-state index in [1.807, 2.05) is 19.1 Å². The molecular formula is C36H45FN6O3. The summed E-state index contributed by atoms with van der Waals surface area (Å²) in [5.74, 6) is 0.126. The number of hydrogen-bond acceptors (Lipinski definition) is 8. The third-order valence-corrected chi connectivity index (χ3v) is 9.00. The predicted octanol–water partition coefficient (Wildman–Crippen LogP) is 4.92. The number of aliphatic hydroxyl groups excluding tert-OH is 2. The van der Waals surface area contributed by atoms with Crippen LogP contribution in [0, 0.1) is 5.92 Å². The van der Waals surface area contributed by atoms with Gasteiger partial charge in [0.2, 0.25) is 0 Å². The highest BCUT2D eigenvalue weighted by atomic mass is 19.1. The summed E-state index contributed by atoms with van der Waals surface area (Å²) >= 11 is 0. The topological polar surface area (TPSA) is 96.6 Å². The van der Waals surface area contributed by atoms with Crippen LogP contribution in [-0.4, -0.2) is 76.3 Å². The fraction of sp³-hybridized carbons (Fsp3) is 0.389. The molecule has 1 saturated heterocycles. The van der Waals surface area contributed by atoms with Gasteiger partial charge in [-0.05, 0) is 61.6 Å². The second-order valence-corrected chi connectivity index (χ2v) is 12.2. The molecule has 3 aliphatic rings. The number of likely N-dealkylation sites (N-methyl/N-ethyl adjacent to an activating group) is 1. The van der Waals surface area contributed by atoms with Crippen LogP contribution in [-0.2, 0) is 13.7 Å². The number of hydrogen-bond donors (Lipinski definition) is 3. The minimum absolute atomic E-state index is 0.0904. The molecule has 9 nitrogen and oxygen atoms in total. The Hall–Kier alpha value is -4.09. The van der Waals surface area contributed by atoms with Crippen molar-refractivity contribution in [3.8, 4) is 11.1 Å². The van der Waals surface area contributed by atoms with Crippen molar-refractivity contribution in [2.24, 2.45) is 18.0 Å². The molecule has 0 radical (unpaired) electrons. The lowest BCUT2D eigenvalue weighted by Gasteiger charge is -2.33. The lowest BCUT2D eigenvalue weighted by Crippen LogP contribution is -2.46. The molecule has 1 unspecified atom stereocenters. The number of aromatic nitrogens is 1. The molecular weight excluding hydrogens is 583 g/mol. The van der Waals surface area contributed by atoms with Gasteiger partial charge in [0.1, 0.15) is 17.3 Å². The van der Waals surface area contributed by atoms with Gasteiger partial charge in [0.05, 0.1) is 6.61 Å². The molecule has 1 atom stereocenters. The first-order valence-electron chi connectivity index (χ1n) is 15.9. The van der Waals surface area contributed by atoms with Gasteiger partial charge < -0.3 is 29.9 Å². The van der Waals surface area contributed by atoms with E-state index in [4.69, 9.17) is 0 Å². The first kappa shape index (κ1) is 33.3. The molecule has 0 spiro atoms. The van der Waals surface area contributed by atoms with Gasteiger partial charge in [-0.1, -0.05) is 43.9 Å². The lowest BCUT2D eigenvalue weighted by atomic mass is 9.95. The minimum Gasteiger partial charge on any atom is -0.392 e. The number of aliphatic imine (C=N–C) groups is 1. The van der Waals surface area contributed by atoms with Crippen LogP contribution >= 0.6 is 0 Å². The maximum atomic E-state index is 14.8. The van der Waals surface area contributed by atoms with Gasteiger partial charge in [-0.2, -0.15) is 0 Å². The molecule has 10 heteroatoms. The highest BCUT2D eigenvalue weighted by Gasteiger charge is 2.30. The Labute approximate surface area is 270 Å². The average molecular weight is 629 g/mol. The Morgan fingerprint density at radius 2 is 1.89 bits per heavy atom. The Morgan fingerprint density at radius 1 is 1.17 bits per heavy atom. The van der Waals surface area contributed by atoms with Gasteiger partial charge in [0, 0.05) is 80.8 Å². The highest BCUT2D eigenvalue weighted by molar-refractivity contribution is 5.77. The normalized spacial score (nSPS) is 19.7. The zero-order chi connectivity index (χ0) is 33.0. The molecule has 2 fully saturated rings. The number of anilines is 2. The molecule has 1 aromatic carbocycles. The zero-order valence-electron chi connectivity index (χ0n) is 27.0. The monoisotopic (exact) mass is 628 g/mol. The van der Waals surface area contributed by atoms with Crippen LogP contribution in [0.5, 0.6) is 0 Å². The summed E-state index contributed by atoms with van der Waals surface area (Å²) < 4.78 is 16.2. The molecule has 2 aliphatic heterocycles. The smallest absolute Gasteiger partial charge is 0.274 e. The molecule has 5 rings (SSSR count). The van der Waals surface area contributed by atoms with Gasteiger partial charge in [-0.15, -0.1) is 0 Å². The van der Waals surface area contributed by atoms with Crippen molar-refractivity contribution in [1.29, 1.82) is 0 Å². The molecule has 2 aromatic rings. The summed E-state index contributed by atoms with van der Waals surface area (Å²) in [7, 11) is 1.65. The van der Waals surface area contributed by atoms with Crippen molar-refractivity contribution >= 4 is 17.6 Å². The van der Waals surface area contributed by atoms with Crippen LogP contribution < -0.4 is 15.8 Å². The maximum Gasteiger partial charge on any atom is 0.274 e. The second-order valence-electron chi connectivity index (χ2n) is 12.2. The number of piperazine rings is 1. The van der Waals surface area contributed by atoms with Gasteiger partial charge >= 0.3 is 0 Å². The van der Waals surface area contributed by atoms with Crippen LogP contribution in [0.15, 0.2) is 100 Å². The quantitative estimate of drug-likeness (QED) is 0.287. The van der Waals surface area contributed by atoms with E-state index in [0.717, 1.165) is 51.1 Å². The fourth-order valence-corrected chi connectivity index (χ4v) is 6.10. The number of aliphatic hydroxyl groups is 2. The molecule has 1 aromatic heterocycles. The van der Waals surface area contributed by atoms with Crippen LogP contribution in [0.4, 0.5) is 15.8 Å². The van der Waals surface area contributed by atoms with E-state index < -0.39 is 12.1 Å². The zero-order valence-corrected chi connectivity index (χ0v) is 27.0. The molecule has 0 bridgehead atoms. The number of halogens is 1. The largest absolute Gasteiger partial charge is 0.392 e. The van der Waals surface area contributed by atoms with E-state index >= 15 is 0 Å². The summed E-state index contributed by atoms with van der Waals surface area (Å²) in [6.45, 7) is 17.1. The third-order valence-electron chi connectivity index (χ3n) is 9.00. The van der Waals surface area contributed by atoms with Crippen LogP contribution in [0.25, 0.3) is 11.1 Å². The minimum atomic E-state index is -1.35. The van der Waals surface area contributed by atoms with Gasteiger partial charge in [0.25, 0.3) is 5.56 Å². The Balaban J connectivity index is 1.38. The molecule has 3 N–H and O–H groups in total. The number of benzene rings is 1. The maximum absolute atomic E-state index is 14.8. The highest BCUT2D eigenvalue weighted by Crippen LogP contribution is 2.40. The van der Waals surface area contributed by atoms with E-state index in [-0.39, 0.29) is 23.4 Å². The van der Waals surface area contributed by atoms with E-state index in [1.165, 1.54) is 9.47 Å². The molecule has 1 saturated carbocycles. The molecule has 0 amide bonds. The van der Waals surface area contributed by atoms with Crippen LogP contribution in [0.2, 0.25) is 0 Å². The van der Waals surface area contributed by atoms with E-state index in [0.29, 0.717) is 46.2 Å². The Morgan fingerprint density at radius 3 is 2.54 bits per heavy atom. The number of rotatable bonds is 12. The number of nitrogens with zero attached hydrogens (tertiary/aromatic N) is 5. The Bertz CT molecular complexity index is 1660. The van der Waals surface area contributed by atoms with Gasteiger partial charge in [-0.3, -0.25) is 9.69 Å². The standard InChI is InChI=1S/C36H45FN6O3/c1-6-41-16-18-42(19-17-41)15-13-38-26(4)39-32-21-29(22-40(5)35(32)45)30-8-7-9-33(31(30)23-44)43-14-12-28(20-24(2)27-10-11-27)34(25(3)37)36(43)46/h7-9,12-14,20-22,27,36,39,44,46H,3-4,6,10-11,15-19,23H2,1-2,5H3/b24-20+,38-13?. The predicted molar refractivity (Wildman–Crippen MR) is 184 cm³/mol. The molecule has 46 heavy (non-hydrogen) atoms. The molecule has 3 heterocycles. The fourth-order valence-electron chi connectivity index (χ4n) is 6.10. The van der Waals surface area contributed by atoms with Crippen molar-refractivity contribution in [2.75, 3.05) is 49.5 Å². The van der Waals surface area contributed by atoms with Gasteiger partial charge in [-0.25, -0.2) is 9.38 Å². The summed E-state index contributed by atoms with van der Waals surface area (Å²) in [5, 5.41) is 25.0. The van der Waals surface area contributed by atoms with E-state index in [1.54, 1.807) is 49.9 Å². The van der Waals surface area contributed by atoms with Gasteiger partial charge in [0.15, 0.2) is 6.23 Å². The van der Waals surface area contributed by atoms with Crippen molar-refractivity contribution in [3.05, 3.63) is 106 Å². The summed E-state index contributed by atoms with van der Waals surface area (Å²) in [4.78, 5) is 23.8. The SMILES string of the molecule is C=C(N=CCN1CCN(CC)CC1)Nc1cc(-c2cccc(N3C=CC(/C=C(\C)C4CC4)=C(C(=C)F)C3O)c2CO)cn(C)c1=O. The first-order valence-corrected chi connectivity index (χ1v) is 15.9. The summed E-state index contributed by atoms with van der Waals surface area (Å²) in [6.07, 6.45) is 9.76. The Kier molecular flexibility index (Phi) is 10.5. The number of pyridine rings is 1. The lowest BCUT2D eigenvalue weighted by molar-refractivity contribution is 0.152. The van der Waals surface area contributed by atoms with E-state index in [9.17, 15) is 19.4 Å². The summed E-state index contributed by atoms with van der Waals surface area (Å²) in [5.41, 5.74) is 4.16. The van der Waals surface area contributed by atoms with Crippen molar-refractivity contribution < 1.29 is 14.6 Å².